The van der Waals surface area contributed by atoms with E-state index in [1.54, 1.807) is 0 Å². The maximum absolute atomic E-state index is 6.40. The van der Waals surface area contributed by atoms with Crippen LogP contribution in [0.1, 0.15) is 49.5 Å². The Hall–Kier alpha value is -0.680. The van der Waals surface area contributed by atoms with Crippen LogP contribution in [0, 0.1) is 6.92 Å². The molecule has 0 saturated heterocycles. The molecular formula is C15H23ClN4S. The largest absolute Gasteiger partial charge is 0.310 e. The van der Waals surface area contributed by atoms with Crippen molar-refractivity contribution in [3.05, 3.63) is 11.5 Å². The summed E-state index contributed by atoms with van der Waals surface area (Å²) in [7, 11) is 2.00. The van der Waals surface area contributed by atoms with Crippen molar-refractivity contribution in [1.82, 2.24) is 19.3 Å². The Bertz CT molecular complexity index is 652. The van der Waals surface area contributed by atoms with Gasteiger partial charge in [-0.25, -0.2) is 4.98 Å². The summed E-state index contributed by atoms with van der Waals surface area (Å²) in [4.78, 5) is 4.78. The third kappa shape index (κ3) is 2.48. The molecule has 0 N–H and O–H groups in total. The SMILES string of the molecule is CSC1(Cn2c(C(C)Cl)nc3c(C)nn(C)c32)CCCC1. The second kappa shape index (κ2) is 5.51. The number of aryl methyl sites for hydroxylation is 2. The molecule has 0 amide bonds. The van der Waals surface area contributed by atoms with Gasteiger partial charge >= 0.3 is 0 Å². The van der Waals surface area contributed by atoms with E-state index in [1.165, 1.54) is 25.7 Å². The van der Waals surface area contributed by atoms with Crippen LogP contribution in [0.5, 0.6) is 0 Å². The Morgan fingerprint density at radius 1 is 1.38 bits per heavy atom. The molecule has 1 unspecified atom stereocenters. The minimum Gasteiger partial charge on any atom is -0.310 e. The molecule has 2 aromatic heterocycles. The minimum atomic E-state index is -0.0860. The first kappa shape index (κ1) is 15.2. The average Bonchev–Trinajstić information content (AvgIpc) is 3.09. The number of thioether (sulfide) groups is 1. The van der Waals surface area contributed by atoms with Crippen LogP contribution < -0.4 is 0 Å². The van der Waals surface area contributed by atoms with E-state index in [0.717, 1.165) is 29.2 Å². The van der Waals surface area contributed by atoms with E-state index in [2.05, 4.69) is 15.9 Å². The van der Waals surface area contributed by atoms with Gasteiger partial charge in [0.05, 0.1) is 11.1 Å². The van der Waals surface area contributed by atoms with Crippen molar-refractivity contribution >= 4 is 34.5 Å². The highest BCUT2D eigenvalue weighted by Crippen LogP contribution is 2.43. The van der Waals surface area contributed by atoms with Crippen LogP contribution in [-0.2, 0) is 13.6 Å². The number of hydrogen-bond donors (Lipinski definition) is 0. The maximum Gasteiger partial charge on any atom is 0.158 e. The van der Waals surface area contributed by atoms with Gasteiger partial charge < -0.3 is 4.57 Å². The lowest BCUT2D eigenvalue weighted by atomic mass is 10.1. The number of halogens is 1. The Balaban J connectivity index is 2.13. The zero-order chi connectivity index (χ0) is 15.2. The van der Waals surface area contributed by atoms with Crippen LogP contribution in [0.4, 0.5) is 0 Å². The van der Waals surface area contributed by atoms with Crippen molar-refractivity contribution in [2.75, 3.05) is 6.26 Å². The van der Waals surface area contributed by atoms with E-state index >= 15 is 0 Å². The van der Waals surface area contributed by atoms with Crippen molar-refractivity contribution in [2.24, 2.45) is 7.05 Å². The molecule has 2 heterocycles. The molecule has 1 saturated carbocycles. The smallest absolute Gasteiger partial charge is 0.158 e. The second-order valence-electron chi connectivity index (χ2n) is 6.15. The van der Waals surface area contributed by atoms with Crippen molar-refractivity contribution < 1.29 is 0 Å². The summed E-state index contributed by atoms with van der Waals surface area (Å²) in [5.41, 5.74) is 3.08. The zero-order valence-electron chi connectivity index (χ0n) is 13.2. The molecule has 3 rings (SSSR count). The number of nitrogens with zero attached hydrogens (tertiary/aromatic N) is 4. The van der Waals surface area contributed by atoms with Crippen LogP contribution in [0.15, 0.2) is 0 Å². The molecule has 0 bridgehead atoms. The van der Waals surface area contributed by atoms with Gasteiger partial charge in [-0.05, 0) is 32.9 Å². The molecule has 0 radical (unpaired) electrons. The van der Waals surface area contributed by atoms with Gasteiger partial charge in [0.15, 0.2) is 5.65 Å². The predicted molar refractivity (Wildman–Crippen MR) is 90.2 cm³/mol. The van der Waals surface area contributed by atoms with E-state index in [-0.39, 0.29) is 5.38 Å². The molecule has 0 aromatic carbocycles. The van der Waals surface area contributed by atoms with Crippen molar-refractivity contribution in [1.29, 1.82) is 0 Å². The normalized spacial score (nSPS) is 19.5. The molecule has 2 aromatic rings. The lowest BCUT2D eigenvalue weighted by molar-refractivity contribution is 0.493. The second-order valence-corrected chi connectivity index (χ2v) is 8.08. The van der Waals surface area contributed by atoms with Gasteiger partial charge in [0.1, 0.15) is 11.3 Å². The van der Waals surface area contributed by atoms with Crippen molar-refractivity contribution in [3.8, 4) is 0 Å². The molecule has 1 fully saturated rings. The molecule has 1 aliphatic rings. The monoisotopic (exact) mass is 326 g/mol. The number of fused-ring (bicyclic) bond motifs is 1. The van der Waals surface area contributed by atoms with E-state index in [9.17, 15) is 0 Å². The summed E-state index contributed by atoms with van der Waals surface area (Å²) in [6.45, 7) is 5.00. The van der Waals surface area contributed by atoms with Gasteiger partial charge in [-0.3, -0.25) is 4.68 Å². The molecule has 1 atom stereocenters. The lowest BCUT2D eigenvalue weighted by Gasteiger charge is -2.28. The van der Waals surface area contributed by atoms with Crippen LogP contribution in [0.25, 0.3) is 11.2 Å². The van der Waals surface area contributed by atoms with Gasteiger partial charge in [-0.1, -0.05) is 12.8 Å². The third-order valence-corrected chi connectivity index (χ3v) is 6.27. The summed E-state index contributed by atoms with van der Waals surface area (Å²) in [6, 6.07) is 0. The molecule has 6 heteroatoms. The summed E-state index contributed by atoms with van der Waals surface area (Å²) < 4.78 is 4.59. The number of alkyl halides is 1. The fourth-order valence-electron chi connectivity index (χ4n) is 3.55. The Morgan fingerprint density at radius 2 is 2.05 bits per heavy atom. The van der Waals surface area contributed by atoms with Crippen LogP contribution >= 0.6 is 23.4 Å². The van der Waals surface area contributed by atoms with Crippen molar-refractivity contribution in [3.63, 3.8) is 0 Å². The fourth-order valence-corrected chi connectivity index (χ4v) is 4.67. The van der Waals surface area contributed by atoms with Gasteiger partial charge in [0.2, 0.25) is 0 Å². The van der Waals surface area contributed by atoms with Crippen LogP contribution in [-0.4, -0.2) is 30.3 Å². The third-order valence-electron chi connectivity index (χ3n) is 4.67. The van der Waals surface area contributed by atoms with E-state index in [4.69, 9.17) is 16.6 Å². The van der Waals surface area contributed by atoms with Crippen LogP contribution in [0.2, 0.25) is 0 Å². The number of rotatable bonds is 4. The first-order valence-corrected chi connectivity index (χ1v) is 9.22. The Morgan fingerprint density at radius 3 is 2.62 bits per heavy atom. The quantitative estimate of drug-likeness (QED) is 0.795. The maximum atomic E-state index is 6.40. The number of imidazole rings is 1. The van der Waals surface area contributed by atoms with Gasteiger partial charge in [0, 0.05) is 18.3 Å². The van der Waals surface area contributed by atoms with E-state index in [1.807, 2.05) is 37.3 Å². The molecule has 4 nitrogen and oxygen atoms in total. The molecular weight excluding hydrogens is 304 g/mol. The number of aromatic nitrogens is 4. The molecule has 116 valence electrons. The van der Waals surface area contributed by atoms with Gasteiger partial charge in [-0.15, -0.1) is 11.6 Å². The molecule has 0 spiro atoms. The molecule has 21 heavy (non-hydrogen) atoms. The first-order chi connectivity index (χ1) is 9.97. The van der Waals surface area contributed by atoms with Crippen LogP contribution in [0.3, 0.4) is 0 Å². The first-order valence-electron chi connectivity index (χ1n) is 7.56. The summed E-state index contributed by atoms with van der Waals surface area (Å²) >= 11 is 8.39. The summed E-state index contributed by atoms with van der Waals surface area (Å²) in [5.74, 6) is 0.975. The zero-order valence-corrected chi connectivity index (χ0v) is 14.8. The summed E-state index contributed by atoms with van der Waals surface area (Å²) in [6.07, 6.45) is 7.45. The predicted octanol–water partition coefficient (Wildman–Crippen LogP) is 4.05. The highest BCUT2D eigenvalue weighted by Gasteiger charge is 2.35. The molecule has 0 aliphatic heterocycles. The topological polar surface area (TPSA) is 35.6 Å². The Labute approximate surface area is 135 Å². The average molecular weight is 327 g/mol. The fraction of sp³-hybridized carbons (Fsp3) is 0.733. The van der Waals surface area contributed by atoms with E-state index < -0.39 is 0 Å². The van der Waals surface area contributed by atoms with Crippen molar-refractivity contribution in [2.45, 2.75) is 56.2 Å². The molecule has 1 aliphatic carbocycles. The summed E-state index contributed by atoms with van der Waals surface area (Å²) in [5, 5.41) is 4.43. The highest BCUT2D eigenvalue weighted by molar-refractivity contribution is 8.00. The standard InChI is InChI=1S/C15H23ClN4S/c1-10(16)13-17-12-11(2)18-19(3)14(12)20(13)9-15(21-4)7-5-6-8-15/h10H,5-9H2,1-4H3. The Kier molecular flexibility index (Phi) is 3.99. The minimum absolute atomic E-state index is 0.0860. The number of hydrogen-bond acceptors (Lipinski definition) is 3. The highest BCUT2D eigenvalue weighted by atomic mass is 35.5. The van der Waals surface area contributed by atoms with Gasteiger partial charge in [0.25, 0.3) is 0 Å². The van der Waals surface area contributed by atoms with Gasteiger partial charge in [-0.2, -0.15) is 16.9 Å². The lowest BCUT2D eigenvalue weighted by Crippen LogP contribution is -2.28. The van der Waals surface area contributed by atoms with E-state index in [0.29, 0.717) is 4.75 Å².